The van der Waals surface area contributed by atoms with Crippen LogP contribution in [0.2, 0.25) is 0 Å². The fraction of sp³-hybridized carbons (Fsp3) is 0.385. The first-order valence-corrected chi connectivity index (χ1v) is 7.02. The molecule has 0 saturated carbocycles. The number of carbonyl (C=O) groups is 1. The first-order valence-electron chi connectivity index (χ1n) is 5.82. The van der Waals surface area contributed by atoms with Crippen molar-refractivity contribution in [2.45, 2.75) is 26.2 Å². The monoisotopic (exact) mass is 347 g/mol. The molecular formula is C13H15BrFNO2S. The van der Waals surface area contributed by atoms with E-state index in [1.165, 1.54) is 13.2 Å². The maximum atomic E-state index is 13.7. The van der Waals surface area contributed by atoms with Crippen molar-refractivity contribution < 1.29 is 13.9 Å². The summed E-state index contributed by atoms with van der Waals surface area (Å²) in [5.41, 5.74) is 0.926. The molecule has 0 saturated heterocycles. The van der Waals surface area contributed by atoms with Gasteiger partial charge in [-0.3, -0.25) is 4.79 Å². The fourth-order valence-electron chi connectivity index (χ4n) is 1.49. The van der Waals surface area contributed by atoms with Crippen LogP contribution in [0.3, 0.4) is 0 Å². The summed E-state index contributed by atoms with van der Waals surface area (Å²) in [6.07, 6.45) is 1.45. The second-order valence-corrected chi connectivity index (χ2v) is 5.28. The number of halogens is 2. The van der Waals surface area contributed by atoms with E-state index in [4.69, 9.17) is 17.0 Å². The number of methoxy groups -OCH3 is 1. The van der Waals surface area contributed by atoms with Crippen LogP contribution in [0.1, 0.15) is 25.3 Å². The van der Waals surface area contributed by atoms with Gasteiger partial charge in [0.25, 0.3) is 0 Å². The molecule has 6 heteroatoms. The number of hydrogen-bond acceptors (Lipinski definition) is 3. The van der Waals surface area contributed by atoms with Gasteiger partial charge in [0.2, 0.25) is 5.91 Å². The minimum atomic E-state index is -0.483. The zero-order valence-corrected chi connectivity index (χ0v) is 13.2. The van der Waals surface area contributed by atoms with E-state index in [1.54, 1.807) is 6.07 Å². The Hall–Kier alpha value is -1.01. The van der Waals surface area contributed by atoms with Crippen LogP contribution in [0, 0.1) is 5.82 Å². The summed E-state index contributed by atoms with van der Waals surface area (Å²) in [5.74, 6) is -0.688. The minimum absolute atomic E-state index is 0.163. The molecule has 1 rings (SSSR count). The van der Waals surface area contributed by atoms with Crippen LogP contribution in [-0.4, -0.2) is 18.1 Å². The molecule has 1 aromatic rings. The Morgan fingerprint density at radius 3 is 2.79 bits per heavy atom. The highest BCUT2D eigenvalue weighted by atomic mass is 79.9. The predicted molar refractivity (Wildman–Crippen MR) is 80.9 cm³/mol. The van der Waals surface area contributed by atoms with Gasteiger partial charge >= 0.3 is 0 Å². The topological polar surface area (TPSA) is 38.3 Å². The second-order valence-electron chi connectivity index (χ2n) is 3.97. The largest absolute Gasteiger partial charge is 0.490 e. The van der Waals surface area contributed by atoms with Gasteiger partial charge in [-0.1, -0.05) is 22.9 Å². The molecule has 1 amide bonds. The molecule has 0 radical (unpaired) electrons. The van der Waals surface area contributed by atoms with Gasteiger partial charge in [0, 0.05) is 17.3 Å². The number of amides is 1. The van der Waals surface area contributed by atoms with Gasteiger partial charge in [-0.2, -0.15) is 0 Å². The van der Waals surface area contributed by atoms with E-state index in [9.17, 15) is 9.18 Å². The Labute approximate surface area is 125 Å². The Balaban J connectivity index is 2.95. The van der Waals surface area contributed by atoms with E-state index in [0.29, 0.717) is 28.8 Å². The lowest BCUT2D eigenvalue weighted by Crippen LogP contribution is -2.13. The van der Waals surface area contributed by atoms with Gasteiger partial charge < -0.3 is 10.1 Å². The average molecular weight is 348 g/mol. The molecule has 0 aliphatic carbocycles. The predicted octanol–water partition coefficient (Wildman–Crippen LogP) is 3.84. The minimum Gasteiger partial charge on any atom is -0.490 e. The van der Waals surface area contributed by atoms with Gasteiger partial charge in [0.05, 0.1) is 12.8 Å². The van der Waals surface area contributed by atoms with Gasteiger partial charge in [0.15, 0.2) is 5.05 Å². The standard InChI is InChI=1S/C13H15BrFNO2S/c1-3-4-12(17)16-11-5-8(6-13(19)18-2)9(14)7-10(11)15/h5,7H,3-4,6H2,1-2H3,(H,16,17). The summed E-state index contributed by atoms with van der Waals surface area (Å²) < 4.78 is 19.3. The van der Waals surface area contributed by atoms with Crippen LogP contribution in [-0.2, 0) is 16.0 Å². The van der Waals surface area contributed by atoms with Crippen molar-refractivity contribution >= 4 is 44.8 Å². The molecule has 19 heavy (non-hydrogen) atoms. The normalized spacial score (nSPS) is 10.1. The number of benzene rings is 1. The van der Waals surface area contributed by atoms with Crippen LogP contribution >= 0.6 is 28.1 Å². The van der Waals surface area contributed by atoms with Crippen molar-refractivity contribution in [2.75, 3.05) is 12.4 Å². The molecule has 0 atom stereocenters. The van der Waals surface area contributed by atoms with Gasteiger partial charge in [-0.05, 0) is 36.3 Å². The molecule has 0 heterocycles. The third-order valence-electron chi connectivity index (χ3n) is 2.45. The molecule has 0 aliphatic heterocycles. The van der Waals surface area contributed by atoms with Gasteiger partial charge in [0.1, 0.15) is 5.82 Å². The zero-order chi connectivity index (χ0) is 14.4. The summed E-state index contributed by atoms with van der Waals surface area (Å²) in [7, 11) is 1.49. The summed E-state index contributed by atoms with van der Waals surface area (Å²) in [6.45, 7) is 1.89. The van der Waals surface area contributed by atoms with Crippen molar-refractivity contribution in [1.82, 2.24) is 0 Å². The lowest BCUT2D eigenvalue weighted by atomic mass is 10.1. The zero-order valence-electron chi connectivity index (χ0n) is 10.8. The summed E-state index contributed by atoms with van der Waals surface area (Å²) in [5, 5.41) is 2.95. The highest BCUT2D eigenvalue weighted by Gasteiger charge is 2.12. The molecule has 3 nitrogen and oxygen atoms in total. The summed E-state index contributed by atoms with van der Waals surface area (Å²) >= 11 is 8.25. The highest BCUT2D eigenvalue weighted by molar-refractivity contribution is 9.10. The number of carbonyl (C=O) groups excluding carboxylic acids is 1. The summed E-state index contributed by atoms with van der Waals surface area (Å²) in [4.78, 5) is 11.5. The van der Waals surface area contributed by atoms with E-state index >= 15 is 0 Å². The molecule has 0 unspecified atom stereocenters. The van der Waals surface area contributed by atoms with Gasteiger partial charge in [-0.15, -0.1) is 0 Å². The van der Waals surface area contributed by atoms with Crippen molar-refractivity contribution in [1.29, 1.82) is 0 Å². The smallest absolute Gasteiger partial charge is 0.224 e. The maximum absolute atomic E-state index is 13.7. The molecule has 1 N–H and O–H groups in total. The third-order valence-corrected chi connectivity index (χ3v) is 3.50. The van der Waals surface area contributed by atoms with Crippen molar-refractivity contribution in [3.05, 3.63) is 28.0 Å². The van der Waals surface area contributed by atoms with Crippen LogP contribution in [0.5, 0.6) is 0 Å². The molecule has 104 valence electrons. The molecule has 1 aromatic carbocycles. The van der Waals surface area contributed by atoms with E-state index in [-0.39, 0.29) is 11.6 Å². The number of hydrogen-bond donors (Lipinski definition) is 1. The Kier molecular flexibility index (Phi) is 6.37. The van der Waals surface area contributed by atoms with Crippen LogP contribution < -0.4 is 5.32 Å². The molecule has 0 fully saturated rings. The number of thiocarbonyl (C=S) groups is 1. The molecular weight excluding hydrogens is 333 g/mol. The Bertz CT molecular complexity index is 494. The van der Waals surface area contributed by atoms with E-state index in [1.807, 2.05) is 6.92 Å². The molecule has 0 bridgehead atoms. The first-order chi connectivity index (χ1) is 8.97. The number of anilines is 1. The van der Waals surface area contributed by atoms with Crippen molar-refractivity contribution in [3.8, 4) is 0 Å². The number of nitrogens with one attached hydrogen (secondary N) is 1. The fourth-order valence-corrected chi connectivity index (χ4v) is 2.10. The Morgan fingerprint density at radius 2 is 2.21 bits per heavy atom. The number of rotatable bonds is 5. The van der Waals surface area contributed by atoms with E-state index in [0.717, 1.165) is 5.56 Å². The van der Waals surface area contributed by atoms with Crippen molar-refractivity contribution in [3.63, 3.8) is 0 Å². The second kappa shape index (κ2) is 7.55. The van der Waals surface area contributed by atoms with Gasteiger partial charge in [-0.25, -0.2) is 4.39 Å². The molecule has 0 aliphatic rings. The highest BCUT2D eigenvalue weighted by Crippen LogP contribution is 2.25. The third kappa shape index (κ3) is 4.87. The van der Waals surface area contributed by atoms with E-state index in [2.05, 4.69) is 21.2 Å². The van der Waals surface area contributed by atoms with Crippen LogP contribution in [0.4, 0.5) is 10.1 Å². The number of ether oxygens (including phenoxy) is 1. The van der Waals surface area contributed by atoms with Crippen LogP contribution in [0.15, 0.2) is 16.6 Å². The lowest BCUT2D eigenvalue weighted by Gasteiger charge is -2.11. The van der Waals surface area contributed by atoms with Crippen LogP contribution in [0.25, 0.3) is 0 Å². The average Bonchev–Trinajstić information content (AvgIpc) is 2.35. The lowest BCUT2D eigenvalue weighted by molar-refractivity contribution is -0.116. The molecule has 0 spiro atoms. The Morgan fingerprint density at radius 1 is 1.53 bits per heavy atom. The quantitative estimate of drug-likeness (QED) is 0.822. The first kappa shape index (κ1) is 16.0. The summed E-state index contributed by atoms with van der Waals surface area (Å²) in [6, 6.07) is 2.88. The van der Waals surface area contributed by atoms with E-state index < -0.39 is 5.82 Å². The van der Waals surface area contributed by atoms with Crippen molar-refractivity contribution in [2.24, 2.45) is 0 Å². The SMILES string of the molecule is CCCC(=O)Nc1cc(CC(=S)OC)c(Br)cc1F. The molecule has 0 aromatic heterocycles. The maximum Gasteiger partial charge on any atom is 0.224 e.